The zero-order valence-electron chi connectivity index (χ0n) is 10.5. The number of rotatable bonds is 4. The zero-order valence-corrected chi connectivity index (χ0v) is 10.5. The molecule has 0 aliphatic heterocycles. The molecule has 0 aromatic carbocycles. The first-order chi connectivity index (χ1) is 8.69. The van der Waals surface area contributed by atoms with Crippen molar-refractivity contribution in [3.8, 4) is 0 Å². The van der Waals surface area contributed by atoms with Gasteiger partial charge in [0.15, 0.2) is 0 Å². The molecule has 1 aliphatic carbocycles. The van der Waals surface area contributed by atoms with Gasteiger partial charge in [0, 0.05) is 6.04 Å². The van der Waals surface area contributed by atoms with Crippen LogP contribution in [0.4, 0.5) is 0 Å². The van der Waals surface area contributed by atoms with Gasteiger partial charge in [-0.15, -0.1) is 0 Å². The number of carbonyl (C=O) groups excluding carboxylic acids is 1. The smallest absolute Gasteiger partial charge is 0.341 e. The number of methoxy groups -OCH3 is 1. The number of aliphatic hydroxyl groups excluding tert-OH is 1. The molecule has 0 spiro atoms. The summed E-state index contributed by atoms with van der Waals surface area (Å²) in [5, 5.41) is 12.8. The summed E-state index contributed by atoms with van der Waals surface area (Å²) in [5.41, 5.74) is 0.438. The molecule has 5 heteroatoms. The van der Waals surface area contributed by atoms with Gasteiger partial charge in [-0.05, 0) is 31.7 Å². The summed E-state index contributed by atoms with van der Waals surface area (Å²) < 4.78 is 9.90. The maximum Gasteiger partial charge on any atom is 0.341 e. The van der Waals surface area contributed by atoms with Gasteiger partial charge < -0.3 is 19.6 Å². The molecule has 1 heterocycles. The van der Waals surface area contributed by atoms with Crippen LogP contribution in [0.5, 0.6) is 0 Å². The number of hydrogen-bond donors (Lipinski definition) is 2. The summed E-state index contributed by atoms with van der Waals surface area (Å²) in [7, 11) is 1.35. The highest BCUT2D eigenvalue weighted by molar-refractivity contribution is 5.88. The van der Waals surface area contributed by atoms with E-state index in [9.17, 15) is 9.90 Å². The van der Waals surface area contributed by atoms with E-state index in [4.69, 9.17) is 4.42 Å². The molecule has 0 radical (unpaired) electrons. The van der Waals surface area contributed by atoms with E-state index in [1.807, 2.05) is 0 Å². The Kier molecular flexibility index (Phi) is 4.38. The third-order valence-corrected chi connectivity index (χ3v) is 3.34. The van der Waals surface area contributed by atoms with Gasteiger partial charge in [0.2, 0.25) is 0 Å². The first-order valence-corrected chi connectivity index (χ1v) is 6.26. The summed E-state index contributed by atoms with van der Waals surface area (Å²) in [4.78, 5) is 11.2. The van der Waals surface area contributed by atoms with Crippen molar-refractivity contribution in [1.29, 1.82) is 0 Å². The lowest BCUT2D eigenvalue weighted by molar-refractivity contribution is 0.0600. The molecule has 0 unspecified atom stereocenters. The first kappa shape index (κ1) is 13.1. The van der Waals surface area contributed by atoms with Crippen LogP contribution < -0.4 is 5.32 Å². The third-order valence-electron chi connectivity index (χ3n) is 3.34. The van der Waals surface area contributed by atoms with Crippen molar-refractivity contribution in [3.63, 3.8) is 0 Å². The largest absolute Gasteiger partial charge is 0.467 e. The van der Waals surface area contributed by atoms with E-state index < -0.39 is 0 Å². The normalized spacial score (nSPS) is 23.9. The van der Waals surface area contributed by atoms with Gasteiger partial charge in [-0.3, -0.25) is 0 Å². The van der Waals surface area contributed by atoms with Crippen LogP contribution in [0, 0.1) is 0 Å². The van der Waals surface area contributed by atoms with Crippen LogP contribution in [0.3, 0.4) is 0 Å². The Morgan fingerprint density at radius 1 is 1.50 bits per heavy atom. The molecule has 2 rings (SSSR count). The molecule has 100 valence electrons. The van der Waals surface area contributed by atoms with Gasteiger partial charge in [0.1, 0.15) is 12.0 Å². The second-order valence-electron chi connectivity index (χ2n) is 4.68. The van der Waals surface area contributed by atoms with E-state index in [0.29, 0.717) is 18.2 Å². The Labute approximate surface area is 106 Å². The molecular formula is C13H19NO4. The van der Waals surface area contributed by atoms with Gasteiger partial charge in [-0.25, -0.2) is 4.79 Å². The van der Waals surface area contributed by atoms with Crippen molar-refractivity contribution in [3.05, 3.63) is 23.7 Å². The second kappa shape index (κ2) is 6.02. The first-order valence-electron chi connectivity index (χ1n) is 6.26. The van der Waals surface area contributed by atoms with E-state index in [2.05, 4.69) is 10.1 Å². The van der Waals surface area contributed by atoms with Gasteiger partial charge in [0.25, 0.3) is 0 Å². The van der Waals surface area contributed by atoms with Crippen LogP contribution in [-0.4, -0.2) is 30.3 Å². The lowest BCUT2D eigenvalue weighted by atomic mass is 9.93. The van der Waals surface area contributed by atoms with Crippen LogP contribution in [0.25, 0.3) is 0 Å². The fraction of sp³-hybridized carbons (Fsp3) is 0.615. The molecule has 0 amide bonds. The SMILES string of the molecule is COC(=O)c1coc(CNC2CCC(O)CC2)c1. The molecule has 1 saturated carbocycles. The molecule has 0 bridgehead atoms. The molecular weight excluding hydrogens is 234 g/mol. The molecule has 1 fully saturated rings. The maximum atomic E-state index is 11.2. The average Bonchev–Trinajstić information content (AvgIpc) is 2.86. The lowest BCUT2D eigenvalue weighted by Crippen LogP contribution is -2.34. The minimum Gasteiger partial charge on any atom is -0.467 e. The highest BCUT2D eigenvalue weighted by Gasteiger charge is 2.19. The van der Waals surface area contributed by atoms with Crippen LogP contribution in [0.15, 0.2) is 16.7 Å². The minimum absolute atomic E-state index is 0.141. The zero-order chi connectivity index (χ0) is 13.0. The number of aliphatic hydroxyl groups is 1. The highest BCUT2D eigenvalue weighted by atomic mass is 16.5. The number of hydrogen-bond acceptors (Lipinski definition) is 5. The van der Waals surface area contributed by atoms with E-state index >= 15 is 0 Å². The third kappa shape index (κ3) is 3.34. The van der Waals surface area contributed by atoms with Crippen LogP contribution >= 0.6 is 0 Å². The van der Waals surface area contributed by atoms with Crippen molar-refractivity contribution >= 4 is 5.97 Å². The van der Waals surface area contributed by atoms with Crippen molar-refractivity contribution in [2.24, 2.45) is 0 Å². The fourth-order valence-electron chi connectivity index (χ4n) is 2.22. The summed E-state index contributed by atoms with van der Waals surface area (Å²) in [5.74, 6) is 0.340. The quantitative estimate of drug-likeness (QED) is 0.795. The summed E-state index contributed by atoms with van der Waals surface area (Å²) in [6, 6.07) is 2.11. The van der Waals surface area contributed by atoms with E-state index in [-0.39, 0.29) is 12.1 Å². The Morgan fingerprint density at radius 2 is 2.22 bits per heavy atom. The van der Waals surface area contributed by atoms with E-state index in [1.165, 1.54) is 13.4 Å². The topological polar surface area (TPSA) is 71.7 Å². The van der Waals surface area contributed by atoms with Gasteiger partial charge in [-0.1, -0.05) is 0 Å². The van der Waals surface area contributed by atoms with Crippen molar-refractivity contribution in [2.75, 3.05) is 7.11 Å². The molecule has 1 aliphatic rings. The Hall–Kier alpha value is -1.33. The van der Waals surface area contributed by atoms with E-state index in [0.717, 1.165) is 31.4 Å². The molecule has 18 heavy (non-hydrogen) atoms. The Balaban J connectivity index is 1.79. The molecule has 0 saturated heterocycles. The number of esters is 1. The lowest BCUT2D eigenvalue weighted by Gasteiger charge is -2.25. The number of ether oxygens (including phenoxy) is 1. The average molecular weight is 253 g/mol. The van der Waals surface area contributed by atoms with Gasteiger partial charge in [-0.2, -0.15) is 0 Å². The van der Waals surface area contributed by atoms with Gasteiger partial charge in [0.05, 0.1) is 25.3 Å². The molecule has 0 atom stereocenters. The van der Waals surface area contributed by atoms with Crippen molar-refractivity contribution in [1.82, 2.24) is 5.32 Å². The van der Waals surface area contributed by atoms with Crippen molar-refractivity contribution < 1.29 is 19.1 Å². The second-order valence-corrected chi connectivity index (χ2v) is 4.68. The Morgan fingerprint density at radius 3 is 2.89 bits per heavy atom. The standard InChI is InChI=1S/C13H19NO4/c1-17-13(16)9-6-12(18-8-9)7-14-10-2-4-11(15)5-3-10/h6,8,10-11,14-15H,2-5,7H2,1H3. The monoisotopic (exact) mass is 253 g/mol. The van der Waals surface area contributed by atoms with Crippen LogP contribution in [0.2, 0.25) is 0 Å². The predicted octanol–water partition coefficient (Wildman–Crippen LogP) is 1.46. The molecule has 1 aromatic heterocycles. The van der Waals surface area contributed by atoms with E-state index in [1.54, 1.807) is 6.07 Å². The highest BCUT2D eigenvalue weighted by Crippen LogP contribution is 2.19. The van der Waals surface area contributed by atoms with Crippen LogP contribution in [-0.2, 0) is 11.3 Å². The summed E-state index contributed by atoms with van der Waals surface area (Å²) in [6.45, 7) is 0.595. The fourth-order valence-corrected chi connectivity index (χ4v) is 2.22. The number of furan rings is 1. The molecule has 5 nitrogen and oxygen atoms in total. The summed E-state index contributed by atoms with van der Waals surface area (Å²) in [6.07, 6.45) is 4.93. The molecule has 2 N–H and O–H groups in total. The molecule has 1 aromatic rings. The Bertz CT molecular complexity index is 393. The predicted molar refractivity (Wildman–Crippen MR) is 65.2 cm³/mol. The van der Waals surface area contributed by atoms with Crippen molar-refractivity contribution in [2.45, 2.75) is 44.4 Å². The van der Waals surface area contributed by atoms with Gasteiger partial charge >= 0.3 is 5.97 Å². The maximum absolute atomic E-state index is 11.2. The van der Waals surface area contributed by atoms with Crippen LogP contribution in [0.1, 0.15) is 41.8 Å². The minimum atomic E-state index is -0.384. The number of nitrogens with one attached hydrogen (secondary N) is 1. The number of carbonyl (C=O) groups is 1. The summed E-state index contributed by atoms with van der Waals surface area (Å²) >= 11 is 0.